The van der Waals surface area contributed by atoms with Gasteiger partial charge in [0.1, 0.15) is 23.7 Å². The summed E-state index contributed by atoms with van der Waals surface area (Å²) in [6, 6.07) is 1.80. The fraction of sp³-hybridized carbons (Fsp3) is 0.667. The van der Waals surface area contributed by atoms with Crippen molar-refractivity contribution < 1.29 is 24.8 Å². The molecule has 0 aromatic heterocycles. The highest BCUT2D eigenvalue weighted by atomic mass is 16.5. The van der Waals surface area contributed by atoms with Gasteiger partial charge < -0.3 is 24.8 Å². The molecule has 0 radical (unpaired) electrons. The number of rotatable bonds is 0. The molecule has 158 valence electrons. The minimum atomic E-state index is -1.23. The lowest BCUT2D eigenvalue weighted by Crippen LogP contribution is -2.52. The SMILES string of the molecule is Cc1cc(O)c2c3c1O[C@H]1C[C@@](C)(O)[C@@H](O)C=C1[C@H]3[C@H]1[C@H](C2)C(C)(C)OC1(C)C. The van der Waals surface area contributed by atoms with Crippen LogP contribution in [0.1, 0.15) is 63.6 Å². The Kier molecular flexibility index (Phi) is 3.73. The van der Waals surface area contributed by atoms with E-state index in [1.165, 1.54) is 0 Å². The van der Waals surface area contributed by atoms with Crippen molar-refractivity contribution in [3.05, 3.63) is 34.4 Å². The number of ether oxygens (including phenoxy) is 2. The van der Waals surface area contributed by atoms with E-state index in [4.69, 9.17) is 9.47 Å². The lowest BCUT2D eigenvalue weighted by Gasteiger charge is -2.50. The third-order valence-electron chi connectivity index (χ3n) is 7.92. The molecule has 1 aromatic rings. The van der Waals surface area contributed by atoms with Crippen molar-refractivity contribution in [2.24, 2.45) is 11.8 Å². The number of aliphatic hydroxyl groups excluding tert-OH is 1. The van der Waals surface area contributed by atoms with E-state index in [1.54, 1.807) is 19.1 Å². The van der Waals surface area contributed by atoms with Crippen molar-refractivity contribution in [1.29, 1.82) is 0 Å². The predicted molar refractivity (Wildman–Crippen MR) is 109 cm³/mol. The molecule has 2 aliphatic heterocycles. The quantitative estimate of drug-likeness (QED) is 0.582. The van der Waals surface area contributed by atoms with E-state index in [9.17, 15) is 15.3 Å². The van der Waals surface area contributed by atoms with E-state index in [0.29, 0.717) is 12.2 Å². The Bertz CT molecular complexity index is 926. The van der Waals surface area contributed by atoms with E-state index in [1.807, 2.05) is 6.92 Å². The number of hydrogen-bond acceptors (Lipinski definition) is 5. The first kappa shape index (κ1) is 19.4. The molecule has 0 amide bonds. The molecular weight excluding hydrogens is 368 g/mol. The number of benzene rings is 1. The molecule has 29 heavy (non-hydrogen) atoms. The van der Waals surface area contributed by atoms with E-state index in [2.05, 4.69) is 27.7 Å². The second-order valence-corrected chi connectivity index (χ2v) is 10.8. The molecule has 5 heteroatoms. The van der Waals surface area contributed by atoms with Crippen LogP contribution in [-0.4, -0.2) is 44.3 Å². The fourth-order valence-electron chi connectivity index (χ4n) is 6.70. The van der Waals surface area contributed by atoms with Crippen molar-refractivity contribution in [2.75, 3.05) is 0 Å². The number of fused-ring (bicyclic) bond motifs is 4. The van der Waals surface area contributed by atoms with Crippen LogP contribution in [0.25, 0.3) is 0 Å². The van der Waals surface area contributed by atoms with Gasteiger partial charge in [-0.2, -0.15) is 0 Å². The first-order chi connectivity index (χ1) is 13.3. The molecule has 6 atom stereocenters. The van der Waals surface area contributed by atoms with Gasteiger partial charge in [0.15, 0.2) is 0 Å². The second-order valence-electron chi connectivity index (χ2n) is 10.8. The molecule has 1 fully saturated rings. The summed E-state index contributed by atoms with van der Waals surface area (Å²) in [5.74, 6) is 1.56. The van der Waals surface area contributed by atoms with Crippen LogP contribution in [-0.2, 0) is 11.2 Å². The van der Waals surface area contributed by atoms with Crippen LogP contribution in [0.15, 0.2) is 17.7 Å². The number of phenols is 1. The monoisotopic (exact) mass is 400 g/mol. The maximum atomic E-state index is 10.8. The van der Waals surface area contributed by atoms with Gasteiger partial charge >= 0.3 is 0 Å². The summed E-state index contributed by atoms with van der Waals surface area (Å²) in [6.45, 7) is 12.2. The van der Waals surface area contributed by atoms with Crippen molar-refractivity contribution in [2.45, 2.75) is 89.3 Å². The van der Waals surface area contributed by atoms with Crippen LogP contribution < -0.4 is 4.74 Å². The van der Waals surface area contributed by atoms with Crippen LogP contribution in [0, 0.1) is 18.8 Å². The van der Waals surface area contributed by atoms with Gasteiger partial charge in [0.05, 0.1) is 16.8 Å². The number of aromatic hydroxyl groups is 1. The predicted octanol–water partition coefficient (Wildman–Crippen LogP) is 3.36. The highest BCUT2D eigenvalue weighted by Gasteiger charge is 2.62. The Balaban J connectivity index is 1.79. The molecule has 5 nitrogen and oxygen atoms in total. The van der Waals surface area contributed by atoms with Gasteiger partial charge in [-0.25, -0.2) is 0 Å². The molecule has 0 unspecified atom stereocenters. The molecule has 4 aliphatic rings. The molecule has 1 aromatic carbocycles. The maximum Gasteiger partial charge on any atom is 0.127 e. The van der Waals surface area contributed by atoms with Crippen LogP contribution in [0.4, 0.5) is 0 Å². The summed E-state index contributed by atoms with van der Waals surface area (Å²) in [5, 5.41) is 32.2. The number of aliphatic hydroxyl groups is 2. The second kappa shape index (κ2) is 5.57. The van der Waals surface area contributed by atoms with Crippen molar-refractivity contribution in [3.63, 3.8) is 0 Å². The third kappa shape index (κ3) is 2.50. The van der Waals surface area contributed by atoms with Crippen LogP contribution >= 0.6 is 0 Å². The van der Waals surface area contributed by atoms with E-state index in [0.717, 1.165) is 34.4 Å². The minimum Gasteiger partial charge on any atom is -0.508 e. The summed E-state index contributed by atoms with van der Waals surface area (Å²) in [4.78, 5) is 0. The van der Waals surface area contributed by atoms with Crippen molar-refractivity contribution in [1.82, 2.24) is 0 Å². The van der Waals surface area contributed by atoms with Gasteiger partial charge in [-0.05, 0) is 77.2 Å². The van der Waals surface area contributed by atoms with Gasteiger partial charge in [0, 0.05) is 29.4 Å². The Morgan fingerprint density at radius 1 is 1.10 bits per heavy atom. The summed E-state index contributed by atoms with van der Waals surface area (Å²) < 4.78 is 13.0. The normalized spacial score (nSPS) is 41.0. The minimum absolute atomic E-state index is 0.00850. The lowest BCUT2D eigenvalue weighted by atomic mass is 9.57. The molecule has 1 saturated heterocycles. The van der Waals surface area contributed by atoms with Crippen LogP contribution in [0.5, 0.6) is 11.5 Å². The zero-order chi connectivity index (χ0) is 21.1. The van der Waals surface area contributed by atoms with Gasteiger partial charge in [-0.15, -0.1) is 0 Å². The van der Waals surface area contributed by atoms with Crippen molar-refractivity contribution >= 4 is 0 Å². The molecule has 0 spiro atoms. The van der Waals surface area contributed by atoms with Crippen LogP contribution in [0.3, 0.4) is 0 Å². The Labute approximate surface area is 172 Å². The summed E-state index contributed by atoms with van der Waals surface area (Å²) in [5.41, 5.74) is 2.01. The molecule has 5 rings (SSSR count). The standard InChI is InChI=1S/C24H32O5/c1-11-7-15(25)12-8-14-20(23(4,5)29-22(14,2)3)18-13-9-17(26)24(6,27)10-16(13)28-21(11)19(12)18/h7,9,14,16-18,20,25-27H,8,10H2,1-6H3/t14-,16-,17-,18+,20+,24+/m0/s1. The van der Waals surface area contributed by atoms with Gasteiger partial charge in [-0.1, -0.05) is 0 Å². The Morgan fingerprint density at radius 3 is 2.48 bits per heavy atom. The van der Waals surface area contributed by atoms with Crippen molar-refractivity contribution in [3.8, 4) is 11.5 Å². The van der Waals surface area contributed by atoms with Gasteiger partial charge in [0.2, 0.25) is 0 Å². The summed E-state index contributed by atoms with van der Waals surface area (Å²) in [7, 11) is 0. The number of phenolic OH excluding ortho intramolecular Hbond substituents is 1. The first-order valence-corrected chi connectivity index (χ1v) is 10.7. The molecular formula is C24H32O5. The number of hydrogen-bond donors (Lipinski definition) is 3. The molecule has 0 saturated carbocycles. The average Bonchev–Trinajstić information content (AvgIpc) is 2.77. The maximum absolute atomic E-state index is 10.8. The molecule has 2 aliphatic carbocycles. The highest BCUT2D eigenvalue weighted by molar-refractivity contribution is 5.61. The highest BCUT2D eigenvalue weighted by Crippen LogP contribution is 2.64. The molecule has 3 N–H and O–H groups in total. The molecule has 0 bridgehead atoms. The lowest BCUT2D eigenvalue weighted by molar-refractivity contribution is -0.0839. The van der Waals surface area contributed by atoms with E-state index in [-0.39, 0.29) is 35.1 Å². The number of aryl methyl sites for hydroxylation is 1. The van der Waals surface area contributed by atoms with E-state index < -0.39 is 11.7 Å². The third-order valence-corrected chi connectivity index (χ3v) is 7.92. The zero-order valence-electron chi connectivity index (χ0n) is 18.1. The Hall–Kier alpha value is -1.56. The van der Waals surface area contributed by atoms with Crippen LogP contribution in [0.2, 0.25) is 0 Å². The van der Waals surface area contributed by atoms with Gasteiger partial charge in [-0.3, -0.25) is 0 Å². The summed E-state index contributed by atoms with van der Waals surface area (Å²) in [6.07, 6.45) is 1.65. The fourth-order valence-corrected chi connectivity index (χ4v) is 6.70. The van der Waals surface area contributed by atoms with E-state index >= 15 is 0 Å². The Morgan fingerprint density at radius 2 is 1.79 bits per heavy atom. The summed E-state index contributed by atoms with van der Waals surface area (Å²) >= 11 is 0. The molecule has 2 heterocycles. The first-order valence-electron chi connectivity index (χ1n) is 10.7. The zero-order valence-corrected chi connectivity index (χ0v) is 18.1. The van der Waals surface area contributed by atoms with Gasteiger partial charge in [0.25, 0.3) is 0 Å². The average molecular weight is 401 g/mol. The largest absolute Gasteiger partial charge is 0.508 e. The smallest absolute Gasteiger partial charge is 0.127 e. The topological polar surface area (TPSA) is 79.2 Å².